The van der Waals surface area contributed by atoms with Crippen molar-refractivity contribution in [2.24, 2.45) is 5.92 Å². The van der Waals surface area contributed by atoms with Gasteiger partial charge in [0.05, 0.1) is 0 Å². The van der Waals surface area contributed by atoms with Crippen LogP contribution in [0.25, 0.3) is 0 Å². The second-order valence-electron chi connectivity index (χ2n) is 5.25. The summed E-state index contributed by atoms with van der Waals surface area (Å²) in [7, 11) is 0. The van der Waals surface area contributed by atoms with Crippen LogP contribution in [0.2, 0.25) is 0 Å². The van der Waals surface area contributed by atoms with E-state index in [4.69, 9.17) is 0 Å². The van der Waals surface area contributed by atoms with Crippen molar-refractivity contribution in [2.75, 3.05) is 13.1 Å². The number of hydrogen-bond donors (Lipinski definition) is 0. The van der Waals surface area contributed by atoms with Crippen LogP contribution in [-0.2, 0) is 4.79 Å². The van der Waals surface area contributed by atoms with Crippen molar-refractivity contribution in [1.82, 2.24) is 4.90 Å². The van der Waals surface area contributed by atoms with Gasteiger partial charge in [0.15, 0.2) is 0 Å². The Morgan fingerprint density at radius 2 is 1.74 bits per heavy atom. The van der Waals surface area contributed by atoms with Crippen LogP contribution < -0.4 is 0 Å². The van der Waals surface area contributed by atoms with Crippen LogP contribution in [0.5, 0.6) is 0 Å². The minimum Gasteiger partial charge on any atom is -0.339 e. The average molecular weight is 259 g/mol. The zero-order valence-electron chi connectivity index (χ0n) is 11.7. The normalized spacial score (nSPS) is 16.4. The number of rotatable bonds is 3. The number of piperidine rings is 1. The number of aryl methyl sites for hydroxylation is 1. The fourth-order valence-corrected chi connectivity index (χ4v) is 2.57. The van der Waals surface area contributed by atoms with Gasteiger partial charge in [-0.2, -0.15) is 0 Å². The van der Waals surface area contributed by atoms with Crippen molar-refractivity contribution >= 4 is 11.7 Å². The number of nitrogens with zero attached hydrogens (tertiary/aromatic N) is 1. The first-order valence-electron chi connectivity index (χ1n) is 7.00. The van der Waals surface area contributed by atoms with E-state index in [0.717, 1.165) is 24.0 Å². The number of amides is 1. The van der Waals surface area contributed by atoms with Crippen molar-refractivity contribution in [3.8, 4) is 0 Å². The molecule has 1 aromatic carbocycles. The zero-order valence-corrected chi connectivity index (χ0v) is 11.7. The fourth-order valence-electron chi connectivity index (χ4n) is 2.57. The maximum absolute atomic E-state index is 12.3. The lowest BCUT2D eigenvalue weighted by atomic mass is 9.91. The molecule has 0 unspecified atom stereocenters. The molecule has 1 amide bonds. The average Bonchev–Trinajstić information content (AvgIpc) is 2.46. The molecule has 0 saturated carbocycles. The van der Waals surface area contributed by atoms with Gasteiger partial charge in [-0.15, -0.1) is 0 Å². The molecule has 1 heterocycles. The molecule has 2 rings (SSSR count). The van der Waals surface area contributed by atoms with Gasteiger partial charge in [0.1, 0.15) is 5.78 Å². The molecule has 1 aliphatic rings. The predicted octanol–water partition coefficient (Wildman–Crippen LogP) is 2.83. The molecule has 0 N–H and O–H groups in total. The lowest BCUT2D eigenvalue weighted by Crippen LogP contribution is -2.40. The highest BCUT2D eigenvalue weighted by Gasteiger charge is 2.26. The van der Waals surface area contributed by atoms with Crippen LogP contribution in [0, 0.1) is 12.8 Å². The molecule has 0 bridgehead atoms. The maximum Gasteiger partial charge on any atom is 0.253 e. The summed E-state index contributed by atoms with van der Waals surface area (Å²) in [5.74, 6) is 0.580. The molecule has 1 aliphatic heterocycles. The molecule has 0 atom stereocenters. The van der Waals surface area contributed by atoms with E-state index in [0.29, 0.717) is 25.3 Å². The standard InChI is InChI=1S/C16H21NO2/c1-3-15(18)13-8-10-17(11-9-13)16(19)14-6-4-12(2)5-7-14/h4-7,13H,3,8-11H2,1-2H3. The highest BCUT2D eigenvalue weighted by Crippen LogP contribution is 2.21. The Morgan fingerprint density at radius 3 is 2.26 bits per heavy atom. The maximum atomic E-state index is 12.3. The van der Waals surface area contributed by atoms with Gasteiger partial charge in [0.25, 0.3) is 5.91 Å². The van der Waals surface area contributed by atoms with E-state index in [-0.39, 0.29) is 11.8 Å². The van der Waals surface area contributed by atoms with E-state index in [1.807, 2.05) is 43.0 Å². The Balaban J connectivity index is 1.96. The molecule has 0 radical (unpaired) electrons. The summed E-state index contributed by atoms with van der Waals surface area (Å²) in [5, 5.41) is 0. The zero-order chi connectivity index (χ0) is 13.8. The third-order valence-corrected chi connectivity index (χ3v) is 3.88. The summed E-state index contributed by atoms with van der Waals surface area (Å²) in [6.45, 7) is 5.31. The van der Waals surface area contributed by atoms with Gasteiger partial charge < -0.3 is 4.90 Å². The number of ketones is 1. The van der Waals surface area contributed by atoms with Crippen LogP contribution in [0.1, 0.15) is 42.1 Å². The summed E-state index contributed by atoms with van der Waals surface area (Å²) in [6, 6.07) is 7.67. The molecule has 102 valence electrons. The lowest BCUT2D eigenvalue weighted by molar-refractivity contribution is -0.123. The van der Waals surface area contributed by atoms with Crippen LogP contribution in [-0.4, -0.2) is 29.7 Å². The van der Waals surface area contributed by atoms with Gasteiger partial charge in [-0.25, -0.2) is 0 Å². The topological polar surface area (TPSA) is 37.4 Å². The number of carbonyl (C=O) groups excluding carboxylic acids is 2. The minimum atomic E-state index is 0.0856. The second kappa shape index (κ2) is 6.00. The smallest absolute Gasteiger partial charge is 0.253 e. The molecule has 0 aromatic heterocycles. The van der Waals surface area contributed by atoms with Gasteiger partial charge in [-0.3, -0.25) is 9.59 Å². The molecule has 3 heteroatoms. The molecule has 19 heavy (non-hydrogen) atoms. The number of Topliss-reactive ketones (excluding diaryl/α,β-unsaturated/α-hetero) is 1. The molecule has 0 spiro atoms. The highest BCUT2D eigenvalue weighted by atomic mass is 16.2. The van der Waals surface area contributed by atoms with E-state index >= 15 is 0 Å². The highest BCUT2D eigenvalue weighted by molar-refractivity contribution is 5.94. The van der Waals surface area contributed by atoms with Crippen molar-refractivity contribution in [2.45, 2.75) is 33.1 Å². The summed E-state index contributed by atoms with van der Waals surface area (Å²) in [5.41, 5.74) is 1.90. The van der Waals surface area contributed by atoms with Crippen LogP contribution in [0.3, 0.4) is 0 Å². The van der Waals surface area contributed by atoms with Gasteiger partial charge in [-0.1, -0.05) is 24.6 Å². The van der Waals surface area contributed by atoms with Crippen LogP contribution in [0.4, 0.5) is 0 Å². The monoisotopic (exact) mass is 259 g/mol. The van der Waals surface area contributed by atoms with Crippen molar-refractivity contribution in [3.63, 3.8) is 0 Å². The summed E-state index contributed by atoms with van der Waals surface area (Å²) < 4.78 is 0. The van der Waals surface area contributed by atoms with Crippen molar-refractivity contribution < 1.29 is 9.59 Å². The van der Waals surface area contributed by atoms with Gasteiger partial charge in [0, 0.05) is 31.0 Å². The molecule has 1 fully saturated rings. The van der Waals surface area contributed by atoms with E-state index in [1.165, 1.54) is 0 Å². The van der Waals surface area contributed by atoms with E-state index in [9.17, 15) is 9.59 Å². The molecule has 3 nitrogen and oxygen atoms in total. The molecule has 0 aliphatic carbocycles. The fraction of sp³-hybridized carbons (Fsp3) is 0.500. The number of hydrogen-bond acceptors (Lipinski definition) is 2. The van der Waals surface area contributed by atoms with Crippen LogP contribution >= 0.6 is 0 Å². The van der Waals surface area contributed by atoms with Crippen LogP contribution in [0.15, 0.2) is 24.3 Å². The first-order chi connectivity index (χ1) is 9.11. The lowest BCUT2D eigenvalue weighted by Gasteiger charge is -2.31. The minimum absolute atomic E-state index is 0.0856. The third kappa shape index (κ3) is 3.22. The first kappa shape index (κ1) is 13.8. The third-order valence-electron chi connectivity index (χ3n) is 3.88. The predicted molar refractivity (Wildman–Crippen MR) is 75.1 cm³/mol. The Bertz CT molecular complexity index is 456. The number of benzene rings is 1. The second-order valence-corrected chi connectivity index (χ2v) is 5.25. The largest absolute Gasteiger partial charge is 0.339 e. The molecule has 1 aromatic rings. The molecular formula is C16H21NO2. The van der Waals surface area contributed by atoms with Gasteiger partial charge in [0.2, 0.25) is 0 Å². The van der Waals surface area contributed by atoms with E-state index in [1.54, 1.807) is 0 Å². The van der Waals surface area contributed by atoms with Gasteiger partial charge >= 0.3 is 0 Å². The molecular weight excluding hydrogens is 238 g/mol. The summed E-state index contributed by atoms with van der Waals surface area (Å²) in [6.07, 6.45) is 2.23. The van der Waals surface area contributed by atoms with E-state index < -0.39 is 0 Å². The van der Waals surface area contributed by atoms with Crippen molar-refractivity contribution in [3.05, 3.63) is 35.4 Å². The quantitative estimate of drug-likeness (QED) is 0.837. The Hall–Kier alpha value is -1.64. The molecule has 1 saturated heterocycles. The van der Waals surface area contributed by atoms with Crippen molar-refractivity contribution in [1.29, 1.82) is 0 Å². The summed E-state index contributed by atoms with van der Waals surface area (Å²) in [4.78, 5) is 25.8. The Morgan fingerprint density at radius 1 is 1.16 bits per heavy atom. The Labute approximate surface area is 114 Å². The SMILES string of the molecule is CCC(=O)C1CCN(C(=O)c2ccc(C)cc2)CC1. The number of carbonyl (C=O) groups is 2. The summed E-state index contributed by atoms with van der Waals surface area (Å²) >= 11 is 0. The van der Waals surface area contributed by atoms with E-state index in [2.05, 4.69) is 0 Å². The number of likely N-dealkylation sites (tertiary alicyclic amines) is 1. The Kier molecular flexibility index (Phi) is 4.35. The first-order valence-corrected chi connectivity index (χ1v) is 7.00. The van der Waals surface area contributed by atoms with Gasteiger partial charge in [-0.05, 0) is 31.9 Å².